The van der Waals surface area contributed by atoms with Gasteiger partial charge >= 0.3 is 12.1 Å². The lowest BCUT2D eigenvalue weighted by molar-refractivity contribution is -0.159. The fourth-order valence-corrected chi connectivity index (χ4v) is 4.43. The topological polar surface area (TPSA) is 134 Å². The van der Waals surface area contributed by atoms with E-state index in [1.165, 1.54) is 24.1 Å². The highest BCUT2D eigenvalue weighted by molar-refractivity contribution is 5.94. The normalized spacial score (nSPS) is 13.8. The van der Waals surface area contributed by atoms with Crippen LogP contribution in [0.3, 0.4) is 0 Å². The highest BCUT2D eigenvalue weighted by atomic mass is 16.6. The number of nitrogens with zero attached hydrogens (tertiary/aromatic N) is 1. The first-order valence-electron chi connectivity index (χ1n) is 14.5. The number of hydrogen-bond acceptors (Lipinski definition) is 7. The number of esters is 1. The highest BCUT2D eigenvalue weighted by Crippen LogP contribution is 2.26. The van der Waals surface area contributed by atoms with Gasteiger partial charge in [-0.25, -0.2) is 9.59 Å². The second-order valence-corrected chi connectivity index (χ2v) is 13.1. The van der Waals surface area contributed by atoms with E-state index < -0.39 is 53.2 Å². The molecule has 0 bridgehead atoms. The summed E-state index contributed by atoms with van der Waals surface area (Å²) in [5, 5.41) is 15.7. The summed E-state index contributed by atoms with van der Waals surface area (Å²) in [4.78, 5) is 55.0. The Bertz CT molecular complexity index is 1250. The summed E-state index contributed by atoms with van der Waals surface area (Å²) >= 11 is 0. The molecule has 0 spiro atoms. The molecule has 2 rings (SSSR count). The Morgan fingerprint density at radius 2 is 1.44 bits per heavy atom. The summed E-state index contributed by atoms with van der Waals surface area (Å²) in [6.07, 6.45) is -0.320. The van der Waals surface area contributed by atoms with Gasteiger partial charge in [0.2, 0.25) is 11.8 Å². The zero-order valence-corrected chi connectivity index (χ0v) is 26.8. The standard InChI is InChI=1S/C33H47N3O7/c1-21(2)18-25(35-31(41)43-33(6,7)8)29(39)36(9)27(23-16-13-17-24(37)20-23)28(38)34-26(30(40)42-32(3,4)5)19-22-14-11-10-12-15-22/h10-17,20-21,25-27,37H,18-19H2,1-9H3,(H,34,38)(H,35,41). The van der Waals surface area contributed by atoms with Crippen molar-refractivity contribution >= 4 is 23.9 Å². The Hall–Kier alpha value is -4.08. The molecule has 3 atom stereocenters. The average molecular weight is 598 g/mol. The number of rotatable bonds is 11. The van der Waals surface area contributed by atoms with E-state index in [0.29, 0.717) is 5.56 Å². The van der Waals surface area contributed by atoms with E-state index in [-0.39, 0.29) is 24.5 Å². The number of phenolic OH excluding ortho intramolecular Hbond substituents is 1. The number of likely N-dealkylation sites (N-methyl/N-ethyl adjacent to an activating group) is 1. The van der Waals surface area contributed by atoms with Crippen LogP contribution in [-0.2, 0) is 30.3 Å². The van der Waals surface area contributed by atoms with Crippen molar-refractivity contribution in [3.8, 4) is 5.75 Å². The lowest BCUT2D eigenvalue weighted by atomic mass is 9.99. The third-order valence-electron chi connectivity index (χ3n) is 6.16. The zero-order chi connectivity index (χ0) is 32.5. The Balaban J connectivity index is 2.47. The van der Waals surface area contributed by atoms with E-state index >= 15 is 0 Å². The number of carbonyl (C=O) groups is 4. The molecule has 10 heteroatoms. The first-order valence-corrected chi connectivity index (χ1v) is 14.5. The molecule has 0 aliphatic carbocycles. The lowest BCUT2D eigenvalue weighted by Gasteiger charge is -2.33. The van der Waals surface area contributed by atoms with Gasteiger partial charge in [0, 0.05) is 13.5 Å². The maximum Gasteiger partial charge on any atom is 0.408 e. The molecule has 0 aliphatic rings. The Kier molecular flexibility index (Phi) is 12.2. The molecular weight excluding hydrogens is 550 g/mol. The second-order valence-electron chi connectivity index (χ2n) is 13.1. The number of carbonyl (C=O) groups excluding carboxylic acids is 4. The van der Waals surface area contributed by atoms with Crippen LogP contribution in [0.25, 0.3) is 0 Å². The minimum atomic E-state index is -1.25. The predicted molar refractivity (Wildman–Crippen MR) is 164 cm³/mol. The van der Waals surface area contributed by atoms with Crippen molar-refractivity contribution < 1.29 is 33.8 Å². The van der Waals surface area contributed by atoms with Gasteiger partial charge in [0.15, 0.2) is 0 Å². The molecule has 0 saturated heterocycles. The van der Waals surface area contributed by atoms with Gasteiger partial charge in [0.25, 0.3) is 0 Å². The quantitative estimate of drug-likeness (QED) is 0.314. The van der Waals surface area contributed by atoms with Crippen molar-refractivity contribution in [2.45, 2.75) is 97.6 Å². The molecule has 3 N–H and O–H groups in total. The van der Waals surface area contributed by atoms with Crippen molar-refractivity contribution in [2.75, 3.05) is 7.05 Å². The summed E-state index contributed by atoms with van der Waals surface area (Å²) in [6, 6.07) is 11.9. The number of benzene rings is 2. The van der Waals surface area contributed by atoms with E-state index in [1.807, 2.05) is 44.2 Å². The van der Waals surface area contributed by atoms with Crippen LogP contribution in [0.15, 0.2) is 54.6 Å². The number of amides is 3. The van der Waals surface area contributed by atoms with Crippen molar-refractivity contribution in [3.05, 3.63) is 65.7 Å². The first kappa shape index (κ1) is 35.1. The summed E-state index contributed by atoms with van der Waals surface area (Å²) in [5.41, 5.74) is -0.459. The Morgan fingerprint density at radius 3 is 1.98 bits per heavy atom. The van der Waals surface area contributed by atoms with Crippen LogP contribution in [0.4, 0.5) is 4.79 Å². The van der Waals surface area contributed by atoms with Gasteiger partial charge in [-0.15, -0.1) is 0 Å². The second kappa shape index (κ2) is 14.9. The van der Waals surface area contributed by atoms with Crippen molar-refractivity contribution in [3.63, 3.8) is 0 Å². The Morgan fingerprint density at radius 1 is 0.837 bits per heavy atom. The minimum Gasteiger partial charge on any atom is -0.508 e. The summed E-state index contributed by atoms with van der Waals surface area (Å²) < 4.78 is 11.0. The zero-order valence-electron chi connectivity index (χ0n) is 26.8. The van der Waals surface area contributed by atoms with Crippen molar-refractivity contribution in [1.82, 2.24) is 15.5 Å². The molecule has 43 heavy (non-hydrogen) atoms. The molecule has 236 valence electrons. The van der Waals surface area contributed by atoms with Gasteiger partial charge in [-0.3, -0.25) is 9.59 Å². The van der Waals surface area contributed by atoms with Gasteiger partial charge in [-0.2, -0.15) is 0 Å². The van der Waals surface area contributed by atoms with Crippen LogP contribution in [0.1, 0.15) is 79.0 Å². The van der Waals surface area contributed by atoms with E-state index in [2.05, 4.69) is 10.6 Å². The third kappa shape index (κ3) is 12.0. The molecule has 0 radical (unpaired) electrons. The molecule has 10 nitrogen and oxygen atoms in total. The number of aromatic hydroxyl groups is 1. The van der Waals surface area contributed by atoms with Crippen LogP contribution < -0.4 is 10.6 Å². The average Bonchev–Trinajstić information content (AvgIpc) is 2.86. The summed E-state index contributed by atoms with van der Waals surface area (Å²) in [6.45, 7) is 14.2. The van der Waals surface area contributed by atoms with Gasteiger partial charge in [0.05, 0.1) is 0 Å². The lowest BCUT2D eigenvalue weighted by Crippen LogP contribution is -2.54. The smallest absolute Gasteiger partial charge is 0.408 e. The van der Waals surface area contributed by atoms with Gasteiger partial charge in [-0.05, 0) is 77.1 Å². The fraction of sp³-hybridized carbons (Fsp3) is 0.515. The van der Waals surface area contributed by atoms with Crippen LogP contribution in [0.5, 0.6) is 5.75 Å². The molecule has 0 fully saturated rings. The van der Waals surface area contributed by atoms with E-state index in [0.717, 1.165) is 5.56 Å². The first-order chi connectivity index (χ1) is 19.9. The van der Waals surface area contributed by atoms with Gasteiger partial charge in [0.1, 0.15) is 35.1 Å². The van der Waals surface area contributed by atoms with Crippen LogP contribution in [0.2, 0.25) is 0 Å². The predicted octanol–water partition coefficient (Wildman–Crippen LogP) is 4.90. The molecule has 3 amide bonds. The highest BCUT2D eigenvalue weighted by Gasteiger charge is 2.37. The van der Waals surface area contributed by atoms with Gasteiger partial charge < -0.3 is 30.1 Å². The molecule has 2 aromatic rings. The van der Waals surface area contributed by atoms with Crippen LogP contribution in [0, 0.1) is 5.92 Å². The maximum atomic E-state index is 14.0. The molecule has 2 aromatic carbocycles. The molecule has 0 aliphatic heterocycles. The number of nitrogens with one attached hydrogen (secondary N) is 2. The molecule has 0 saturated carbocycles. The van der Waals surface area contributed by atoms with Crippen LogP contribution >= 0.6 is 0 Å². The number of phenols is 1. The van der Waals surface area contributed by atoms with E-state index in [4.69, 9.17) is 9.47 Å². The monoisotopic (exact) mass is 597 g/mol. The van der Waals surface area contributed by atoms with Crippen molar-refractivity contribution in [2.24, 2.45) is 5.92 Å². The fourth-order valence-electron chi connectivity index (χ4n) is 4.43. The number of alkyl carbamates (subject to hydrolysis) is 1. The molecule has 0 heterocycles. The largest absolute Gasteiger partial charge is 0.508 e. The van der Waals surface area contributed by atoms with Crippen LogP contribution in [-0.4, -0.2) is 64.2 Å². The third-order valence-corrected chi connectivity index (χ3v) is 6.16. The molecular formula is C33H47N3O7. The maximum absolute atomic E-state index is 14.0. The molecule has 0 aromatic heterocycles. The summed E-state index contributed by atoms with van der Waals surface area (Å²) in [7, 11) is 1.44. The Labute approximate surface area is 255 Å². The van der Waals surface area contributed by atoms with Gasteiger partial charge in [-0.1, -0.05) is 56.3 Å². The summed E-state index contributed by atoms with van der Waals surface area (Å²) in [5.74, 6) is -1.91. The van der Waals surface area contributed by atoms with E-state index in [1.54, 1.807) is 53.7 Å². The minimum absolute atomic E-state index is 0.0211. The van der Waals surface area contributed by atoms with E-state index in [9.17, 15) is 24.3 Å². The number of ether oxygens (including phenoxy) is 2. The number of hydrogen-bond donors (Lipinski definition) is 3. The SMILES string of the molecule is CC(C)CC(NC(=O)OC(C)(C)C)C(=O)N(C)C(C(=O)NC(Cc1ccccc1)C(=O)OC(C)(C)C)c1cccc(O)c1. The van der Waals surface area contributed by atoms with Crippen molar-refractivity contribution in [1.29, 1.82) is 0 Å². The molecule has 3 unspecified atom stereocenters.